The average molecular weight is 419 g/mol. The predicted octanol–water partition coefficient (Wildman–Crippen LogP) is 5.11. The SMILES string of the molecule is CC1CC([C@@H]2CCC(F)(F)C[C@H]2C(=O)Nc2ccnc(SN)c2)CCC1(F)F. The molecular formula is C19H25F4N3OS. The Bertz CT molecular complexity index is 718. The molecule has 0 aromatic carbocycles. The second kappa shape index (κ2) is 8.18. The molecule has 2 aliphatic rings. The van der Waals surface area contributed by atoms with Crippen LogP contribution in [-0.2, 0) is 4.79 Å². The smallest absolute Gasteiger partial charge is 0.250 e. The van der Waals surface area contributed by atoms with E-state index < -0.39 is 36.0 Å². The normalized spacial score (nSPS) is 31.9. The Morgan fingerprint density at radius 2 is 2.04 bits per heavy atom. The molecule has 0 aliphatic heterocycles. The third kappa shape index (κ3) is 4.79. The van der Waals surface area contributed by atoms with Gasteiger partial charge in [-0.1, -0.05) is 6.92 Å². The van der Waals surface area contributed by atoms with Crippen molar-refractivity contribution < 1.29 is 22.4 Å². The van der Waals surface area contributed by atoms with Crippen LogP contribution in [0.5, 0.6) is 0 Å². The van der Waals surface area contributed by atoms with Crippen molar-refractivity contribution in [2.75, 3.05) is 5.32 Å². The van der Waals surface area contributed by atoms with Gasteiger partial charge in [-0.05, 0) is 55.2 Å². The summed E-state index contributed by atoms with van der Waals surface area (Å²) in [6.07, 6.45) is 1.08. The fourth-order valence-corrected chi connectivity index (χ4v) is 4.87. The minimum absolute atomic E-state index is 0.144. The second-order valence-electron chi connectivity index (χ2n) is 8.06. The number of pyridine rings is 1. The summed E-state index contributed by atoms with van der Waals surface area (Å²) in [5, 5.41) is 8.65. The fourth-order valence-electron chi connectivity index (χ4n) is 4.55. The zero-order valence-corrected chi connectivity index (χ0v) is 16.5. The first kappa shape index (κ1) is 21.4. The van der Waals surface area contributed by atoms with Crippen molar-refractivity contribution in [2.24, 2.45) is 28.8 Å². The first-order valence-electron chi connectivity index (χ1n) is 9.50. The van der Waals surface area contributed by atoms with E-state index in [1.54, 1.807) is 12.1 Å². The van der Waals surface area contributed by atoms with Crippen LogP contribution in [0.25, 0.3) is 0 Å². The molecule has 3 N–H and O–H groups in total. The summed E-state index contributed by atoms with van der Waals surface area (Å²) in [6, 6.07) is 3.14. The van der Waals surface area contributed by atoms with Gasteiger partial charge in [-0.3, -0.25) is 9.93 Å². The molecule has 9 heteroatoms. The van der Waals surface area contributed by atoms with Gasteiger partial charge < -0.3 is 5.32 Å². The molecule has 4 atom stereocenters. The maximum Gasteiger partial charge on any atom is 0.250 e. The minimum Gasteiger partial charge on any atom is -0.326 e. The van der Waals surface area contributed by atoms with Crippen molar-refractivity contribution >= 4 is 23.5 Å². The van der Waals surface area contributed by atoms with Gasteiger partial charge >= 0.3 is 0 Å². The Hall–Kier alpha value is -1.35. The summed E-state index contributed by atoms with van der Waals surface area (Å²) >= 11 is 0.915. The summed E-state index contributed by atoms with van der Waals surface area (Å²) in [4.78, 5) is 16.9. The van der Waals surface area contributed by atoms with Gasteiger partial charge in [0.2, 0.25) is 11.8 Å². The van der Waals surface area contributed by atoms with Gasteiger partial charge in [0.05, 0.1) is 0 Å². The molecular weight excluding hydrogens is 394 g/mol. The summed E-state index contributed by atoms with van der Waals surface area (Å²) in [7, 11) is 0. The summed E-state index contributed by atoms with van der Waals surface area (Å²) in [5.74, 6) is -8.30. The predicted molar refractivity (Wildman–Crippen MR) is 100 cm³/mol. The van der Waals surface area contributed by atoms with Crippen molar-refractivity contribution in [3.8, 4) is 0 Å². The number of aromatic nitrogens is 1. The number of alkyl halides is 4. The van der Waals surface area contributed by atoms with E-state index in [2.05, 4.69) is 10.3 Å². The molecule has 2 aliphatic carbocycles. The standard InChI is InChI=1S/C19H25F4N3OS/c1-11-8-12(2-6-19(11,22)23)14-3-5-18(20,21)10-15(14)17(27)26-13-4-7-25-16(9-13)28-24/h4,7,9,11-12,14-15H,2-3,5-6,8,10,24H2,1H3,(H,25,26,27)/t11?,12?,14-,15+/m0/s1. The van der Waals surface area contributed by atoms with E-state index in [9.17, 15) is 22.4 Å². The van der Waals surface area contributed by atoms with Gasteiger partial charge in [-0.25, -0.2) is 22.5 Å². The number of nitrogens with two attached hydrogens (primary N) is 1. The molecule has 2 saturated carbocycles. The Kier molecular flexibility index (Phi) is 6.24. The maximum atomic E-state index is 14.1. The highest BCUT2D eigenvalue weighted by atomic mass is 32.2. The highest BCUT2D eigenvalue weighted by Crippen LogP contribution is 2.50. The number of carbonyl (C=O) groups excluding carboxylic acids is 1. The first-order chi connectivity index (χ1) is 13.1. The van der Waals surface area contributed by atoms with E-state index in [0.29, 0.717) is 10.7 Å². The fraction of sp³-hybridized carbons (Fsp3) is 0.684. The van der Waals surface area contributed by atoms with Gasteiger partial charge in [-0.15, -0.1) is 0 Å². The van der Waals surface area contributed by atoms with Crippen LogP contribution in [0, 0.1) is 23.7 Å². The van der Waals surface area contributed by atoms with Gasteiger partial charge in [0.25, 0.3) is 5.92 Å². The van der Waals surface area contributed by atoms with E-state index >= 15 is 0 Å². The number of carbonyl (C=O) groups is 1. The van der Waals surface area contributed by atoms with E-state index in [0.717, 1.165) is 11.9 Å². The van der Waals surface area contributed by atoms with Crippen LogP contribution in [0.4, 0.5) is 23.2 Å². The molecule has 156 valence electrons. The molecule has 0 spiro atoms. The molecule has 28 heavy (non-hydrogen) atoms. The summed E-state index contributed by atoms with van der Waals surface area (Å²) < 4.78 is 55.9. The van der Waals surface area contributed by atoms with Crippen LogP contribution in [-0.4, -0.2) is 22.7 Å². The number of anilines is 1. The molecule has 0 radical (unpaired) electrons. The third-order valence-corrected chi connectivity index (χ3v) is 6.63. The Balaban J connectivity index is 1.76. The molecule has 0 saturated heterocycles. The number of hydrogen-bond donors (Lipinski definition) is 2. The van der Waals surface area contributed by atoms with Crippen LogP contribution < -0.4 is 10.5 Å². The Labute approximate surface area is 166 Å². The second-order valence-corrected chi connectivity index (χ2v) is 8.71. The molecule has 3 rings (SSSR count). The van der Waals surface area contributed by atoms with Gasteiger partial charge in [0.1, 0.15) is 5.03 Å². The average Bonchev–Trinajstić information content (AvgIpc) is 2.63. The number of halogens is 4. The Morgan fingerprint density at radius 3 is 2.71 bits per heavy atom. The molecule has 1 amide bonds. The zero-order valence-electron chi connectivity index (χ0n) is 15.6. The molecule has 1 aromatic heterocycles. The molecule has 4 nitrogen and oxygen atoms in total. The van der Waals surface area contributed by atoms with Crippen molar-refractivity contribution in [2.45, 2.75) is 62.3 Å². The largest absolute Gasteiger partial charge is 0.326 e. The highest BCUT2D eigenvalue weighted by molar-refractivity contribution is 7.97. The lowest BCUT2D eigenvalue weighted by Crippen LogP contribution is -2.45. The maximum absolute atomic E-state index is 14.1. The van der Waals surface area contributed by atoms with Crippen molar-refractivity contribution in [3.63, 3.8) is 0 Å². The molecule has 1 heterocycles. The van der Waals surface area contributed by atoms with Crippen LogP contribution in [0.1, 0.15) is 45.4 Å². The van der Waals surface area contributed by atoms with Crippen molar-refractivity contribution in [1.82, 2.24) is 4.98 Å². The molecule has 2 fully saturated rings. The first-order valence-corrected chi connectivity index (χ1v) is 10.4. The minimum atomic E-state index is -2.92. The van der Waals surface area contributed by atoms with Crippen LogP contribution >= 0.6 is 11.9 Å². The topological polar surface area (TPSA) is 68.0 Å². The monoisotopic (exact) mass is 419 g/mol. The van der Waals surface area contributed by atoms with Gasteiger partial charge in [0, 0.05) is 43.0 Å². The number of nitrogens with one attached hydrogen (secondary N) is 1. The highest BCUT2D eigenvalue weighted by Gasteiger charge is 2.50. The lowest BCUT2D eigenvalue weighted by atomic mass is 9.64. The van der Waals surface area contributed by atoms with Gasteiger partial charge in [0.15, 0.2) is 0 Å². The third-order valence-electron chi connectivity index (χ3n) is 6.17. The lowest BCUT2D eigenvalue weighted by molar-refractivity contribution is -0.140. The van der Waals surface area contributed by atoms with Crippen molar-refractivity contribution in [3.05, 3.63) is 18.3 Å². The van der Waals surface area contributed by atoms with E-state index in [1.807, 2.05) is 0 Å². The summed E-state index contributed by atoms with van der Waals surface area (Å²) in [6.45, 7) is 1.50. The molecule has 1 aromatic rings. The molecule has 2 unspecified atom stereocenters. The number of rotatable bonds is 4. The zero-order chi connectivity index (χ0) is 20.5. The molecule has 0 bridgehead atoms. The Morgan fingerprint density at radius 1 is 1.29 bits per heavy atom. The van der Waals surface area contributed by atoms with Crippen LogP contribution in [0.15, 0.2) is 23.4 Å². The quantitative estimate of drug-likeness (QED) is 0.526. The van der Waals surface area contributed by atoms with E-state index in [1.165, 1.54) is 13.1 Å². The van der Waals surface area contributed by atoms with E-state index in [4.69, 9.17) is 5.14 Å². The van der Waals surface area contributed by atoms with Crippen LogP contribution in [0.3, 0.4) is 0 Å². The number of hydrogen-bond acceptors (Lipinski definition) is 4. The number of amides is 1. The van der Waals surface area contributed by atoms with Crippen LogP contribution in [0.2, 0.25) is 0 Å². The number of nitrogens with zero attached hydrogens (tertiary/aromatic N) is 1. The van der Waals surface area contributed by atoms with Crippen molar-refractivity contribution in [1.29, 1.82) is 0 Å². The lowest BCUT2D eigenvalue weighted by Gasteiger charge is -2.43. The van der Waals surface area contributed by atoms with E-state index in [-0.39, 0.29) is 43.9 Å². The van der Waals surface area contributed by atoms with Gasteiger partial charge in [-0.2, -0.15) is 0 Å². The summed E-state index contributed by atoms with van der Waals surface area (Å²) in [5.41, 5.74) is 0.434.